The fourth-order valence-corrected chi connectivity index (χ4v) is 3.47. The Morgan fingerprint density at radius 3 is 2.74 bits per heavy atom. The molecule has 0 aromatic rings. The normalized spacial score (nSPS) is 26.4. The average molecular weight is 340 g/mol. The molecule has 0 unspecified atom stereocenters. The molecule has 0 spiro atoms. The maximum atomic E-state index is 12.7. The Balaban J connectivity index is 1.77. The van der Waals surface area contributed by atoms with E-state index in [0.717, 1.165) is 32.4 Å². The summed E-state index contributed by atoms with van der Waals surface area (Å²) in [7, 11) is 2.06. The fraction of sp³-hybridized carbons (Fsp3) is 0.933. The molecule has 2 rings (SSSR count). The van der Waals surface area contributed by atoms with Gasteiger partial charge in [-0.2, -0.15) is 8.78 Å². The Labute approximate surface area is 133 Å². The van der Waals surface area contributed by atoms with Gasteiger partial charge in [0.05, 0.1) is 13.0 Å². The minimum atomic E-state index is -4.16. The number of rotatable bonds is 6. The minimum Gasteiger partial charge on any atom is -0.374 e. The summed E-state index contributed by atoms with van der Waals surface area (Å²) in [5, 5.41) is 0. The molecule has 23 heavy (non-hydrogen) atoms. The number of likely N-dealkylation sites (tertiary alicyclic amines) is 2. The summed E-state index contributed by atoms with van der Waals surface area (Å²) in [5.41, 5.74) is 0. The third kappa shape index (κ3) is 4.79. The van der Waals surface area contributed by atoms with Gasteiger partial charge in [0, 0.05) is 19.1 Å². The SMILES string of the molecule is CN1CC[C@@H]2[C@H](CCCN2C(=O)CCOCC(F)(F)C(F)F)C1. The van der Waals surface area contributed by atoms with Gasteiger partial charge in [0.15, 0.2) is 0 Å². The number of hydrogen-bond donors (Lipinski definition) is 0. The van der Waals surface area contributed by atoms with Crippen LogP contribution in [0.15, 0.2) is 0 Å². The summed E-state index contributed by atoms with van der Waals surface area (Å²) in [6.45, 7) is 0.967. The topological polar surface area (TPSA) is 32.8 Å². The van der Waals surface area contributed by atoms with Crippen molar-refractivity contribution >= 4 is 5.91 Å². The molecule has 2 atom stereocenters. The Morgan fingerprint density at radius 2 is 2.04 bits per heavy atom. The molecule has 2 fully saturated rings. The molecule has 0 aromatic carbocycles. The molecule has 1 amide bonds. The van der Waals surface area contributed by atoms with E-state index in [1.54, 1.807) is 0 Å². The number of piperidine rings is 2. The van der Waals surface area contributed by atoms with Crippen LogP contribution in [0.5, 0.6) is 0 Å². The lowest BCUT2D eigenvalue weighted by Gasteiger charge is -2.46. The lowest BCUT2D eigenvalue weighted by molar-refractivity contribution is -0.167. The zero-order valence-electron chi connectivity index (χ0n) is 13.3. The lowest BCUT2D eigenvalue weighted by atomic mass is 9.84. The van der Waals surface area contributed by atoms with Crippen LogP contribution in [0.4, 0.5) is 17.6 Å². The van der Waals surface area contributed by atoms with Crippen LogP contribution in [-0.4, -0.2) is 74.0 Å². The zero-order valence-corrected chi connectivity index (χ0v) is 13.3. The van der Waals surface area contributed by atoms with Crippen LogP contribution in [0.2, 0.25) is 0 Å². The number of amides is 1. The molecule has 2 aliphatic heterocycles. The minimum absolute atomic E-state index is 0.0433. The number of ether oxygens (including phenoxy) is 1. The lowest BCUT2D eigenvalue weighted by Crippen LogP contribution is -2.55. The second-order valence-corrected chi connectivity index (χ2v) is 6.47. The quantitative estimate of drug-likeness (QED) is 0.549. The molecule has 4 nitrogen and oxygen atoms in total. The van der Waals surface area contributed by atoms with Crippen molar-refractivity contribution in [2.75, 3.05) is 39.9 Å². The smallest absolute Gasteiger partial charge is 0.330 e. The molecule has 2 saturated heterocycles. The largest absolute Gasteiger partial charge is 0.374 e. The summed E-state index contributed by atoms with van der Waals surface area (Å²) in [5.74, 6) is -3.84. The van der Waals surface area contributed by atoms with Crippen molar-refractivity contribution in [1.82, 2.24) is 9.80 Å². The molecule has 2 heterocycles. The summed E-state index contributed by atoms with van der Waals surface area (Å²) in [4.78, 5) is 16.4. The molecule has 0 bridgehead atoms. The summed E-state index contributed by atoms with van der Waals surface area (Å²) < 4.78 is 54.0. The number of carbonyl (C=O) groups excluding carboxylic acids is 1. The molecular formula is C15H24F4N2O2. The van der Waals surface area contributed by atoms with Crippen LogP contribution in [0.3, 0.4) is 0 Å². The van der Waals surface area contributed by atoms with Crippen LogP contribution in [0.1, 0.15) is 25.7 Å². The number of hydrogen-bond acceptors (Lipinski definition) is 3. The summed E-state index contributed by atoms with van der Waals surface area (Å²) in [6.07, 6.45) is -0.850. The first-order valence-electron chi connectivity index (χ1n) is 8.03. The first kappa shape index (κ1) is 18.4. The highest BCUT2D eigenvalue weighted by Crippen LogP contribution is 2.30. The van der Waals surface area contributed by atoms with Crippen LogP contribution in [-0.2, 0) is 9.53 Å². The highest BCUT2D eigenvalue weighted by molar-refractivity contribution is 5.76. The maximum Gasteiger partial charge on any atom is 0.330 e. The number of nitrogens with zero attached hydrogens (tertiary/aromatic N) is 2. The maximum absolute atomic E-state index is 12.7. The number of alkyl halides is 4. The summed E-state index contributed by atoms with van der Waals surface area (Å²) in [6, 6.07) is 0.204. The average Bonchev–Trinajstić information content (AvgIpc) is 2.50. The predicted octanol–water partition coefficient (Wildman–Crippen LogP) is 2.24. The van der Waals surface area contributed by atoms with Crippen molar-refractivity contribution in [1.29, 1.82) is 0 Å². The fourth-order valence-electron chi connectivity index (χ4n) is 3.47. The number of fused-ring (bicyclic) bond motifs is 1. The number of halogens is 4. The van der Waals surface area contributed by atoms with Crippen molar-refractivity contribution in [3.8, 4) is 0 Å². The van der Waals surface area contributed by atoms with Gasteiger partial charge in [-0.15, -0.1) is 0 Å². The van der Waals surface area contributed by atoms with Crippen molar-refractivity contribution in [2.45, 2.75) is 44.1 Å². The van der Waals surface area contributed by atoms with Crippen molar-refractivity contribution in [3.05, 3.63) is 0 Å². The molecule has 2 aliphatic rings. The van der Waals surface area contributed by atoms with Gasteiger partial charge in [0.2, 0.25) is 5.91 Å². The first-order chi connectivity index (χ1) is 10.8. The van der Waals surface area contributed by atoms with Gasteiger partial charge < -0.3 is 14.5 Å². The Kier molecular flexibility index (Phi) is 6.25. The Bertz CT molecular complexity index is 409. The molecule has 8 heteroatoms. The highest BCUT2D eigenvalue weighted by atomic mass is 19.3. The Hall–Kier alpha value is -0.890. The summed E-state index contributed by atoms with van der Waals surface area (Å²) >= 11 is 0. The van der Waals surface area contributed by atoms with E-state index in [1.807, 2.05) is 4.90 Å². The van der Waals surface area contributed by atoms with Gasteiger partial charge in [-0.05, 0) is 38.8 Å². The molecule has 0 saturated carbocycles. The highest BCUT2D eigenvalue weighted by Gasteiger charge is 2.41. The van der Waals surface area contributed by atoms with Gasteiger partial charge in [-0.25, -0.2) is 8.78 Å². The predicted molar refractivity (Wildman–Crippen MR) is 76.7 cm³/mol. The van der Waals surface area contributed by atoms with Gasteiger partial charge in [0.25, 0.3) is 0 Å². The van der Waals surface area contributed by atoms with E-state index >= 15 is 0 Å². The van der Waals surface area contributed by atoms with Gasteiger partial charge >= 0.3 is 12.3 Å². The first-order valence-corrected chi connectivity index (χ1v) is 8.03. The Morgan fingerprint density at radius 1 is 1.30 bits per heavy atom. The molecular weight excluding hydrogens is 316 g/mol. The van der Waals surface area contributed by atoms with Gasteiger partial charge in [-0.3, -0.25) is 4.79 Å². The molecule has 134 valence electrons. The van der Waals surface area contributed by atoms with Crippen molar-refractivity contribution in [2.24, 2.45) is 5.92 Å². The van der Waals surface area contributed by atoms with E-state index in [9.17, 15) is 22.4 Å². The van der Waals surface area contributed by atoms with Crippen LogP contribution < -0.4 is 0 Å². The van der Waals surface area contributed by atoms with Crippen LogP contribution in [0.25, 0.3) is 0 Å². The van der Waals surface area contributed by atoms with Crippen LogP contribution in [0, 0.1) is 5.92 Å². The molecule has 0 aromatic heterocycles. The van der Waals surface area contributed by atoms with E-state index in [0.29, 0.717) is 12.5 Å². The van der Waals surface area contributed by atoms with Crippen LogP contribution >= 0.6 is 0 Å². The van der Waals surface area contributed by atoms with Crippen molar-refractivity contribution in [3.63, 3.8) is 0 Å². The third-order valence-electron chi connectivity index (χ3n) is 4.67. The van der Waals surface area contributed by atoms with E-state index in [-0.39, 0.29) is 25.0 Å². The van der Waals surface area contributed by atoms with Gasteiger partial charge in [0.1, 0.15) is 6.61 Å². The third-order valence-corrected chi connectivity index (χ3v) is 4.67. The number of carbonyl (C=O) groups is 1. The molecule has 0 radical (unpaired) electrons. The van der Waals surface area contributed by atoms with Gasteiger partial charge in [-0.1, -0.05) is 0 Å². The zero-order chi connectivity index (χ0) is 17.0. The monoisotopic (exact) mass is 340 g/mol. The second-order valence-electron chi connectivity index (χ2n) is 6.47. The van der Waals surface area contributed by atoms with E-state index in [2.05, 4.69) is 16.7 Å². The second kappa shape index (κ2) is 7.79. The van der Waals surface area contributed by atoms with E-state index in [4.69, 9.17) is 0 Å². The van der Waals surface area contributed by atoms with E-state index < -0.39 is 19.0 Å². The van der Waals surface area contributed by atoms with Crippen molar-refractivity contribution < 1.29 is 27.1 Å². The van der Waals surface area contributed by atoms with E-state index in [1.165, 1.54) is 0 Å². The standard InChI is InChI=1S/C15H24F4N2O2/c1-20-7-4-12-11(9-20)3-2-6-21(12)13(22)5-8-23-10-15(18,19)14(16)17/h11-12,14H,2-10H2,1H3/t11-,12-/m1/s1. The molecule has 0 N–H and O–H groups in total. The molecule has 0 aliphatic carbocycles.